The van der Waals surface area contributed by atoms with Gasteiger partial charge in [0.25, 0.3) is 0 Å². The monoisotopic (exact) mass is 278 g/mol. The highest BCUT2D eigenvalue weighted by Crippen LogP contribution is 2.22. The fourth-order valence-corrected chi connectivity index (χ4v) is 2.89. The Balaban J connectivity index is 2.36. The van der Waals surface area contributed by atoms with Gasteiger partial charge in [-0.25, -0.2) is 0 Å². The zero-order valence-electron chi connectivity index (χ0n) is 7.38. The van der Waals surface area contributed by atoms with Crippen molar-refractivity contribution in [2.45, 2.75) is 12.8 Å². The molecule has 4 heteroatoms. The van der Waals surface area contributed by atoms with Gasteiger partial charge in [-0.1, -0.05) is 0 Å². The number of carbonyl (C=O) groups excluding carboxylic acids is 1. The molecule has 0 fully saturated rings. The van der Waals surface area contributed by atoms with Crippen molar-refractivity contribution in [3.8, 4) is 0 Å². The van der Waals surface area contributed by atoms with Crippen LogP contribution in [0.1, 0.15) is 11.3 Å². The van der Waals surface area contributed by atoms with E-state index in [0.29, 0.717) is 18.6 Å². The molecule has 0 bridgehead atoms. The summed E-state index contributed by atoms with van der Waals surface area (Å²) >= 11 is 6.74. The van der Waals surface area contributed by atoms with Crippen LogP contribution in [0.4, 0.5) is 0 Å². The second-order valence-electron chi connectivity index (χ2n) is 2.66. The first-order chi connectivity index (χ1) is 6.22. The number of hydrogen-bond donors (Lipinski definition) is 0. The molecule has 0 aromatic carbocycles. The summed E-state index contributed by atoms with van der Waals surface area (Å²) in [5.41, 5.74) is 0. The molecule has 1 rings (SSSR count). The topological polar surface area (TPSA) is 17.1 Å². The summed E-state index contributed by atoms with van der Waals surface area (Å²) in [6.07, 6.45) is 3.31. The van der Waals surface area contributed by atoms with Gasteiger partial charge in [-0.15, -0.1) is 11.3 Å². The Hall–Kier alpha value is 0.200. The first-order valence-corrected chi connectivity index (χ1v) is 6.97. The molecule has 0 unspecified atom stereocenters. The van der Waals surface area contributed by atoms with Gasteiger partial charge >= 0.3 is 0 Å². The first kappa shape index (κ1) is 11.3. The minimum atomic E-state index is 0.337. The molecule has 1 aromatic heterocycles. The quantitative estimate of drug-likeness (QED) is 0.822. The summed E-state index contributed by atoms with van der Waals surface area (Å²) in [5.74, 6) is 1.27. The van der Waals surface area contributed by atoms with E-state index in [9.17, 15) is 4.79 Å². The third-order valence-corrected chi connectivity index (χ3v) is 3.82. The van der Waals surface area contributed by atoms with Crippen LogP contribution in [0.3, 0.4) is 0 Å². The Bertz CT molecular complexity index is 283. The molecule has 0 saturated carbocycles. The van der Waals surface area contributed by atoms with E-state index in [2.05, 4.69) is 15.9 Å². The molecule has 1 heterocycles. The van der Waals surface area contributed by atoms with E-state index in [1.54, 1.807) is 23.1 Å². The molecule has 72 valence electrons. The van der Waals surface area contributed by atoms with Crippen LogP contribution >= 0.6 is 39.0 Å². The molecule has 0 spiro atoms. The molecule has 0 aliphatic rings. The van der Waals surface area contributed by atoms with Gasteiger partial charge in [-0.05, 0) is 40.1 Å². The van der Waals surface area contributed by atoms with Gasteiger partial charge < -0.3 is 0 Å². The summed E-state index contributed by atoms with van der Waals surface area (Å²) in [7, 11) is 0. The van der Waals surface area contributed by atoms with E-state index in [1.165, 1.54) is 0 Å². The smallest absolute Gasteiger partial charge is 0.138 e. The van der Waals surface area contributed by atoms with Crippen molar-refractivity contribution in [2.24, 2.45) is 0 Å². The largest absolute Gasteiger partial charge is 0.299 e. The highest BCUT2D eigenvalue weighted by molar-refractivity contribution is 9.11. The summed E-state index contributed by atoms with van der Waals surface area (Å²) in [6.45, 7) is 0. The van der Waals surface area contributed by atoms with Gasteiger partial charge in [0.2, 0.25) is 0 Å². The van der Waals surface area contributed by atoms with E-state index in [4.69, 9.17) is 0 Å². The van der Waals surface area contributed by atoms with Crippen molar-refractivity contribution in [1.29, 1.82) is 0 Å². The second-order valence-corrected chi connectivity index (χ2v) is 6.20. The molecule has 1 aromatic rings. The third kappa shape index (κ3) is 4.29. The highest BCUT2D eigenvalue weighted by Gasteiger charge is 2.04. The summed E-state index contributed by atoms with van der Waals surface area (Å²) in [4.78, 5) is 12.5. The Morgan fingerprint density at radius 1 is 1.62 bits per heavy atom. The van der Waals surface area contributed by atoms with Crippen molar-refractivity contribution >= 4 is 44.8 Å². The number of thiophene rings is 1. The van der Waals surface area contributed by atoms with Crippen LogP contribution in [0.25, 0.3) is 0 Å². The Morgan fingerprint density at radius 2 is 2.38 bits per heavy atom. The van der Waals surface area contributed by atoms with Crippen molar-refractivity contribution < 1.29 is 4.79 Å². The number of halogens is 1. The lowest BCUT2D eigenvalue weighted by molar-refractivity contribution is -0.117. The van der Waals surface area contributed by atoms with Gasteiger partial charge in [0.05, 0.1) is 3.79 Å². The molecule has 0 aliphatic heterocycles. The van der Waals surface area contributed by atoms with Crippen molar-refractivity contribution in [2.75, 3.05) is 12.0 Å². The predicted molar refractivity (Wildman–Crippen MR) is 63.7 cm³/mol. The average molecular weight is 279 g/mol. The van der Waals surface area contributed by atoms with Crippen LogP contribution in [0.5, 0.6) is 0 Å². The number of Topliss-reactive ketones (excluding diaryl/α,β-unsaturated/α-hetero) is 1. The third-order valence-electron chi connectivity index (χ3n) is 1.59. The number of hydrogen-bond acceptors (Lipinski definition) is 3. The van der Waals surface area contributed by atoms with E-state index in [0.717, 1.165) is 14.4 Å². The van der Waals surface area contributed by atoms with Crippen LogP contribution in [0, 0.1) is 0 Å². The summed E-state index contributed by atoms with van der Waals surface area (Å²) in [5, 5.41) is 0. The summed E-state index contributed by atoms with van der Waals surface area (Å²) < 4.78 is 1.10. The lowest BCUT2D eigenvalue weighted by Gasteiger charge is -1.96. The molecule has 13 heavy (non-hydrogen) atoms. The van der Waals surface area contributed by atoms with Crippen LogP contribution < -0.4 is 0 Å². The molecular weight excluding hydrogens is 268 g/mol. The Kier molecular flexibility index (Phi) is 5.06. The molecule has 0 aliphatic carbocycles. The van der Waals surface area contributed by atoms with Gasteiger partial charge in [0.15, 0.2) is 0 Å². The van der Waals surface area contributed by atoms with Crippen LogP contribution in [-0.4, -0.2) is 17.8 Å². The van der Waals surface area contributed by atoms with E-state index < -0.39 is 0 Å². The molecule has 0 atom stereocenters. The fourth-order valence-electron chi connectivity index (χ4n) is 0.945. The number of thioether (sulfide) groups is 1. The number of rotatable bonds is 5. The number of carbonyl (C=O) groups is 1. The van der Waals surface area contributed by atoms with Crippen molar-refractivity contribution in [1.82, 2.24) is 0 Å². The van der Waals surface area contributed by atoms with Crippen molar-refractivity contribution in [3.63, 3.8) is 0 Å². The normalized spacial score (nSPS) is 10.3. The van der Waals surface area contributed by atoms with Crippen LogP contribution in [0.15, 0.2) is 15.9 Å². The SMILES string of the molecule is CSCCC(=O)Cc1ccc(Br)s1. The second kappa shape index (κ2) is 5.83. The minimum Gasteiger partial charge on any atom is -0.299 e. The molecular formula is C9H11BrOS2. The van der Waals surface area contributed by atoms with E-state index in [-0.39, 0.29) is 0 Å². The molecule has 0 amide bonds. The first-order valence-electron chi connectivity index (χ1n) is 3.97. The lowest BCUT2D eigenvalue weighted by atomic mass is 10.2. The molecule has 1 nitrogen and oxygen atoms in total. The maximum absolute atomic E-state index is 11.4. The number of ketones is 1. The minimum absolute atomic E-state index is 0.337. The van der Waals surface area contributed by atoms with Gasteiger partial charge in [0, 0.05) is 17.7 Å². The Morgan fingerprint density at radius 3 is 2.92 bits per heavy atom. The maximum Gasteiger partial charge on any atom is 0.138 e. The zero-order chi connectivity index (χ0) is 9.68. The Labute approximate surface area is 95.0 Å². The molecule has 0 radical (unpaired) electrons. The predicted octanol–water partition coefficient (Wildman–Crippen LogP) is 3.38. The fraction of sp³-hybridized carbons (Fsp3) is 0.444. The maximum atomic E-state index is 11.4. The zero-order valence-corrected chi connectivity index (χ0v) is 10.6. The van der Waals surface area contributed by atoms with E-state index in [1.807, 2.05) is 18.4 Å². The lowest BCUT2D eigenvalue weighted by Crippen LogP contribution is -2.02. The molecule has 0 N–H and O–H groups in total. The van der Waals surface area contributed by atoms with Gasteiger partial charge in [0.1, 0.15) is 5.78 Å². The van der Waals surface area contributed by atoms with Gasteiger partial charge in [-0.3, -0.25) is 4.79 Å². The van der Waals surface area contributed by atoms with E-state index >= 15 is 0 Å². The van der Waals surface area contributed by atoms with Gasteiger partial charge in [-0.2, -0.15) is 11.8 Å². The summed E-state index contributed by atoms with van der Waals surface area (Å²) in [6, 6.07) is 3.99. The average Bonchev–Trinajstić information content (AvgIpc) is 2.48. The van der Waals surface area contributed by atoms with Crippen LogP contribution in [0.2, 0.25) is 0 Å². The molecule has 0 saturated heterocycles. The standard InChI is InChI=1S/C9H11BrOS2/c1-12-5-4-7(11)6-8-2-3-9(10)13-8/h2-3H,4-6H2,1H3. The van der Waals surface area contributed by atoms with Crippen molar-refractivity contribution in [3.05, 3.63) is 20.8 Å². The van der Waals surface area contributed by atoms with Crippen LogP contribution in [-0.2, 0) is 11.2 Å². The highest BCUT2D eigenvalue weighted by atomic mass is 79.9.